The highest BCUT2D eigenvalue weighted by Gasteiger charge is 2.36. The molecular formula is C27H29F2N3O3. The van der Waals surface area contributed by atoms with Crippen LogP contribution in [-0.2, 0) is 22.5 Å². The van der Waals surface area contributed by atoms with Crippen molar-refractivity contribution in [2.75, 3.05) is 13.2 Å². The summed E-state index contributed by atoms with van der Waals surface area (Å²) >= 11 is 0. The smallest absolute Gasteiger partial charge is 0.228 e. The number of aromatic nitrogens is 2. The van der Waals surface area contributed by atoms with Gasteiger partial charge in [-0.15, -0.1) is 0 Å². The average molecular weight is 482 g/mol. The minimum absolute atomic E-state index is 0.00542. The maximum absolute atomic E-state index is 14.6. The standard InChI is InChI=1S/C27H29F2N3O3/c1-2-24-22(17-31(26(33)18-10-11-18)16-21-9-6-14-34-21)27(32(30-24)20-7-4-3-5-8-20)35-25-13-12-19(28)15-23(25)29/h3-5,7-8,12-13,15,18,21H,2,6,9-11,14,16-17H2,1H3. The topological polar surface area (TPSA) is 56.6 Å². The number of para-hydroxylation sites is 1. The molecule has 2 aliphatic rings. The van der Waals surface area contributed by atoms with Crippen molar-refractivity contribution in [3.05, 3.63) is 71.4 Å². The Balaban J connectivity index is 1.56. The van der Waals surface area contributed by atoms with Gasteiger partial charge in [-0.3, -0.25) is 4.79 Å². The van der Waals surface area contributed by atoms with Gasteiger partial charge in [-0.1, -0.05) is 25.1 Å². The summed E-state index contributed by atoms with van der Waals surface area (Å²) in [5, 5.41) is 4.77. The number of hydrogen-bond acceptors (Lipinski definition) is 4. The van der Waals surface area contributed by atoms with Gasteiger partial charge in [0, 0.05) is 25.1 Å². The van der Waals surface area contributed by atoms with Crippen LogP contribution in [-0.4, -0.2) is 39.8 Å². The van der Waals surface area contributed by atoms with Gasteiger partial charge in [-0.2, -0.15) is 5.10 Å². The highest BCUT2D eigenvalue weighted by Crippen LogP contribution is 2.36. The lowest BCUT2D eigenvalue weighted by Crippen LogP contribution is -2.38. The molecule has 3 aromatic rings. The van der Waals surface area contributed by atoms with E-state index in [1.807, 2.05) is 42.2 Å². The monoisotopic (exact) mass is 481 g/mol. The van der Waals surface area contributed by atoms with Crippen molar-refractivity contribution in [3.8, 4) is 17.3 Å². The van der Waals surface area contributed by atoms with Gasteiger partial charge in [-0.25, -0.2) is 13.5 Å². The van der Waals surface area contributed by atoms with Crippen molar-refractivity contribution < 1.29 is 23.0 Å². The van der Waals surface area contributed by atoms with Crippen LogP contribution in [0.4, 0.5) is 8.78 Å². The quantitative estimate of drug-likeness (QED) is 0.409. The van der Waals surface area contributed by atoms with Gasteiger partial charge in [0.15, 0.2) is 11.6 Å². The van der Waals surface area contributed by atoms with Gasteiger partial charge in [0.25, 0.3) is 0 Å². The second kappa shape index (κ2) is 10.2. The van der Waals surface area contributed by atoms with Crippen LogP contribution >= 0.6 is 0 Å². The molecule has 1 unspecified atom stereocenters. The Morgan fingerprint density at radius 1 is 1.17 bits per heavy atom. The molecule has 5 rings (SSSR count). The first-order valence-corrected chi connectivity index (χ1v) is 12.2. The molecule has 0 N–H and O–H groups in total. The molecule has 1 atom stereocenters. The van der Waals surface area contributed by atoms with Crippen LogP contribution in [0, 0.1) is 17.6 Å². The lowest BCUT2D eigenvalue weighted by atomic mass is 10.1. The fourth-order valence-corrected chi connectivity index (χ4v) is 4.48. The molecule has 1 saturated heterocycles. The molecule has 2 fully saturated rings. The minimum atomic E-state index is -0.805. The van der Waals surface area contributed by atoms with Crippen molar-refractivity contribution in [3.63, 3.8) is 0 Å². The number of carbonyl (C=O) groups is 1. The molecule has 1 aromatic heterocycles. The molecule has 0 spiro atoms. The number of halogens is 2. The number of ether oxygens (including phenoxy) is 2. The molecule has 1 saturated carbocycles. The Kier molecular flexibility index (Phi) is 6.81. The summed E-state index contributed by atoms with van der Waals surface area (Å²) in [7, 11) is 0. The summed E-state index contributed by atoms with van der Waals surface area (Å²) in [6.45, 7) is 3.47. The number of carbonyl (C=O) groups excluding carboxylic acids is 1. The van der Waals surface area contributed by atoms with Gasteiger partial charge >= 0.3 is 0 Å². The molecular weight excluding hydrogens is 452 g/mol. The van der Waals surface area contributed by atoms with Crippen LogP contribution in [0.1, 0.15) is 43.9 Å². The van der Waals surface area contributed by atoms with Gasteiger partial charge in [-0.05, 0) is 56.4 Å². The van der Waals surface area contributed by atoms with Crippen LogP contribution in [0.3, 0.4) is 0 Å². The number of aryl methyl sites for hydroxylation is 1. The van der Waals surface area contributed by atoms with Crippen molar-refractivity contribution in [2.45, 2.75) is 51.7 Å². The molecule has 2 aromatic carbocycles. The van der Waals surface area contributed by atoms with Gasteiger partial charge in [0.2, 0.25) is 11.8 Å². The molecule has 1 aliphatic carbocycles. The number of hydrogen-bond donors (Lipinski definition) is 0. The van der Waals surface area contributed by atoms with E-state index < -0.39 is 11.6 Å². The van der Waals surface area contributed by atoms with E-state index in [2.05, 4.69) is 0 Å². The fourth-order valence-electron chi connectivity index (χ4n) is 4.48. The summed E-state index contributed by atoms with van der Waals surface area (Å²) in [6.07, 6.45) is 4.31. The number of amides is 1. The first-order valence-electron chi connectivity index (χ1n) is 12.2. The van der Waals surface area contributed by atoms with E-state index >= 15 is 0 Å². The van der Waals surface area contributed by atoms with Crippen LogP contribution < -0.4 is 4.74 Å². The fraction of sp³-hybridized carbons (Fsp3) is 0.407. The molecule has 2 heterocycles. The predicted octanol–water partition coefficient (Wildman–Crippen LogP) is 5.42. The van der Waals surface area contributed by atoms with Crippen molar-refractivity contribution >= 4 is 5.91 Å². The minimum Gasteiger partial charge on any atom is -0.435 e. The molecule has 0 bridgehead atoms. The van der Waals surface area contributed by atoms with E-state index in [1.54, 1.807) is 4.68 Å². The summed E-state index contributed by atoms with van der Waals surface area (Å²) in [5.41, 5.74) is 2.21. The maximum Gasteiger partial charge on any atom is 0.228 e. The third-order valence-electron chi connectivity index (χ3n) is 6.49. The first kappa shape index (κ1) is 23.5. The number of nitrogens with zero attached hydrogens (tertiary/aromatic N) is 3. The van der Waals surface area contributed by atoms with E-state index in [1.165, 1.54) is 6.07 Å². The van der Waals surface area contributed by atoms with Crippen LogP contribution in [0.2, 0.25) is 0 Å². The molecule has 1 amide bonds. The molecule has 0 radical (unpaired) electrons. The zero-order valence-electron chi connectivity index (χ0n) is 19.8. The Morgan fingerprint density at radius 2 is 1.97 bits per heavy atom. The van der Waals surface area contributed by atoms with Crippen LogP contribution in [0.5, 0.6) is 11.6 Å². The third kappa shape index (κ3) is 5.22. The molecule has 1 aliphatic heterocycles. The van der Waals surface area contributed by atoms with Gasteiger partial charge in [0.1, 0.15) is 5.82 Å². The van der Waals surface area contributed by atoms with E-state index in [0.717, 1.165) is 49.2 Å². The van der Waals surface area contributed by atoms with Crippen LogP contribution in [0.25, 0.3) is 5.69 Å². The van der Waals surface area contributed by atoms with E-state index in [4.69, 9.17) is 14.6 Å². The highest BCUT2D eigenvalue weighted by molar-refractivity contribution is 5.81. The van der Waals surface area contributed by atoms with Crippen molar-refractivity contribution in [2.24, 2.45) is 5.92 Å². The van der Waals surface area contributed by atoms with Gasteiger partial charge < -0.3 is 14.4 Å². The lowest BCUT2D eigenvalue weighted by Gasteiger charge is -2.26. The summed E-state index contributed by atoms with van der Waals surface area (Å²) in [6, 6.07) is 12.6. The van der Waals surface area contributed by atoms with Crippen LogP contribution in [0.15, 0.2) is 48.5 Å². The second-order valence-electron chi connectivity index (χ2n) is 9.14. The Bertz CT molecular complexity index is 1190. The zero-order chi connectivity index (χ0) is 24.4. The van der Waals surface area contributed by atoms with E-state index in [9.17, 15) is 13.6 Å². The zero-order valence-corrected chi connectivity index (χ0v) is 19.8. The highest BCUT2D eigenvalue weighted by atomic mass is 19.1. The Hall–Kier alpha value is -3.26. The van der Waals surface area contributed by atoms with Gasteiger partial charge in [0.05, 0.1) is 29.6 Å². The largest absolute Gasteiger partial charge is 0.435 e. The Morgan fingerprint density at radius 3 is 2.63 bits per heavy atom. The average Bonchev–Trinajstić information content (AvgIpc) is 3.48. The first-order chi connectivity index (χ1) is 17.0. The van der Waals surface area contributed by atoms with Crippen molar-refractivity contribution in [1.29, 1.82) is 0 Å². The normalized spacial score (nSPS) is 17.5. The SMILES string of the molecule is CCc1nn(-c2ccccc2)c(Oc2ccc(F)cc2F)c1CN(CC1CCCO1)C(=O)C1CC1. The number of rotatable bonds is 9. The summed E-state index contributed by atoms with van der Waals surface area (Å²) in [5.74, 6) is -1.12. The van der Waals surface area contributed by atoms with Crippen molar-refractivity contribution in [1.82, 2.24) is 14.7 Å². The predicted molar refractivity (Wildman–Crippen MR) is 126 cm³/mol. The lowest BCUT2D eigenvalue weighted by molar-refractivity contribution is -0.134. The van der Waals surface area contributed by atoms with E-state index in [0.29, 0.717) is 31.0 Å². The summed E-state index contributed by atoms with van der Waals surface area (Å²) in [4.78, 5) is 15.1. The number of benzene rings is 2. The molecule has 35 heavy (non-hydrogen) atoms. The Labute approximate surface area is 203 Å². The van der Waals surface area contributed by atoms with E-state index in [-0.39, 0.29) is 30.2 Å². The molecule has 8 heteroatoms. The third-order valence-corrected chi connectivity index (χ3v) is 6.49. The molecule has 6 nitrogen and oxygen atoms in total. The summed E-state index contributed by atoms with van der Waals surface area (Å²) < 4.78 is 41.7. The second-order valence-corrected chi connectivity index (χ2v) is 9.14. The molecule has 184 valence electrons. The maximum atomic E-state index is 14.6.